The van der Waals surface area contributed by atoms with E-state index in [9.17, 15) is 27.2 Å². The number of alkyl halides is 3. The number of halogens is 4. The van der Waals surface area contributed by atoms with Gasteiger partial charge >= 0.3 is 6.18 Å². The van der Waals surface area contributed by atoms with Gasteiger partial charge in [-0.15, -0.1) is 0 Å². The van der Waals surface area contributed by atoms with E-state index in [2.05, 4.69) is 10.1 Å². The summed E-state index contributed by atoms with van der Waals surface area (Å²) >= 11 is 0. The minimum atomic E-state index is -4.46. The van der Waals surface area contributed by atoms with Gasteiger partial charge in [0.2, 0.25) is 0 Å². The summed E-state index contributed by atoms with van der Waals surface area (Å²) in [5.74, 6) is -1.35. The maximum atomic E-state index is 13.7. The van der Waals surface area contributed by atoms with Gasteiger partial charge in [-0.1, -0.05) is 6.08 Å². The van der Waals surface area contributed by atoms with Crippen LogP contribution in [0.15, 0.2) is 66.4 Å². The summed E-state index contributed by atoms with van der Waals surface area (Å²) in [5, 5.41) is 2.50. The molecule has 0 heterocycles. The summed E-state index contributed by atoms with van der Waals surface area (Å²) in [5.41, 5.74) is 0.136. The number of allylic oxidation sites excluding steroid dienone is 3. The number of nitrogens with one attached hydrogen (secondary N) is 1. The molecule has 1 aliphatic carbocycles. The van der Waals surface area contributed by atoms with Crippen LogP contribution in [0.1, 0.15) is 16.8 Å². The average molecular weight is 421 g/mol. The van der Waals surface area contributed by atoms with Crippen LogP contribution in [0.25, 0.3) is 0 Å². The van der Waals surface area contributed by atoms with Crippen LogP contribution in [0.4, 0.5) is 17.6 Å². The molecule has 3 rings (SSSR count). The van der Waals surface area contributed by atoms with Gasteiger partial charge < -0.3 is 14.8 Å². The molecule has 1 N–H and O–H groups in total. The molecule has 2 aromatic rings. The third-order valence-corrected chi connectivity index (χ3v) is 3.83. The molecule has 0 atom stereocenters. The first kappa shape index (κ1) is 21.1. The van der Waals surface area contributed by atoms with E-state index < -0.39 is 24.5 Å². The van der Waals surface area contributed by atoms with E-state index in [1.54, 1.807) is 12.2 Å². The SMILES string of the molecule is O=C1C=C(NC(=O)c2cc(F)ccc2Oc2ccc(OCC(F)(F)F)cc2)C=CC1. The molecule has 0 bridgehead atoms. The molecule has 2 aromatic carbocycles. The Morgan fingerprint density at radius 2 is 1.77 bits per heavy atom. The smallest absolute Gasteiger partial charge is 0.422 e. The van der Waals surface area contributed by atoms with Crippen molar-refractivity contribution in [3.63, 3.8) is 0 Å². The highest BCUT2D eigenvalue weighted by Crippen LogP contribution is 2.28. The zero-order valence-corrected chi connectivity index (χ0v) is 15.3. The van der Waals surface area contributed by atoms with Gasteiger partial charge in [0.05, 0.1) is 5.56 Å². The molecule has 0 saturated carbocycles. The molecule has 0 spiro atoms. The normalized spacial score (nSPS) is 13.6. The molecule has 9 heteroatoms. The Bertz CT molecular complexity index is 1010. The van der Waals surface area contributed by atoms with E-state index in [1.165, 1.54) is 36.4 Å². The molecule has 30 heavy (non-hydrogen) atoms. The standard InChI is InChI=1S/C21H15F4NO4/c22-13-4-9-19(18(10-13)20(28)26-14-2-1-3-15(27)11-14)30-17-7-5-16(6-8-17)29-12-21(23,24)25/h1-2,4-11H,3,12H2,(H,26,28). The van der Waals surface area contributed by atoms with Crippen LogP contribution >= 0.6 is 0 Å². The Balaban J connectivity index is 1.74. The van der Waals surface area contributed by atoms with Gasteiger partial charge in [-0.3, -0.25) is 9.59 Å². The van der Waals surface area contributed by atoms with Gasteiger partial charge in [-0.25, -0.2) is 4.39 Å². The van der Waals surface area contributed by atoms with Crippen LogP contribution < -0.4 is 14.8 Å². The summed E-state index contributed by atoms with van der Waals surface area (Å²) < 4.78 is 60.5. The number of amides is 1. The van der Waals surface area contributed by atoms with E-state index in [1.807, 2.05) is 0 Å². The van der Waals surface area contributed by atoms with E-state index in [0.717, 1.165) is 12.1 Å². The van der Waals surface area contributed by atoms with Gasteiger partial charge in [0.15, 0.2) is 12.4 Å². The topological polar surface area (TPSA) is 64.6 Å². The molecule has 0 fully saturated rings. The Labute approximate surface area is 168 Å². The molecule has 5 nitrogen and oxygen atoms in total. The third-order valence-electron chi connectivity index (χ3n) is 3.83. The second-order valence-corrected chi connectivity index (χ2v) is 6.24. The van der Waals surface area contributed by atoms with Gasteiger partial charge in [-0.05, 0) is 48.5 Å². The number of hydrogen-bond acceptors (Lipinski definition) is 4. The lowest BCUT2D eigenvalue weighted by Gasteiger charge is -2.14. The summed E-state index contributed by atoms with van der Waals surface area (Å²) in [6, 6.07) is 8.55. The van der Waals surface area contributed by atoms with Crippen LogP contribution in [0, 0.1) is 5.82 Å². The number of carbonyl (C=O) groups is 2. The highest BCUT2D eigenvalue weighted by molar-refractivity contribution is 6.00. The zero-order valence-electron chi connectivity index (χ0n) is 15.3. The summed E-state index contributed by atoms with van der Waals surface area (Å²) in [7, 11) is 0. The van der Waals surface area contributed by atoms with Crippen molar-refractivity contribution in [1.29, 1.82) is 0 Å². The van der Waals surface area contributed by atoms with E-state index in [4.69, 9.17) is 4.74 Å². The molecule has 0 unspecified atom stereocenters. The fourth-order valence-electron chi connectivity index (χ4n) is 2.52. The van der Waals surface area contributed by atoms with Crippen LogP contribution in [0.3, 0.4) is 0 Å². The number of rotatable bonds is 6. The van der Waals surface area contributed by atoms with Gasteiger partial charge in [0.1, 0.15) is 23.1 Å². The number of ketones is 1. The van der Waals surface area contributed by atoms with Crippen molar-refractivity contribution in [3.05, 3.63) is 77.8 Å². The Morgan fingerprint density at radius 3 is 2.43 bits per heavy atom. The van der Waals surface area contributed by atoms with Crippen LogP contribution in [-0.2, 0) is 4.79 Å². The fraction of sp³-hybridized carbons (Fsp3) is 0.143. The fourth-order valence-corrected chi connectivity index (χ4v) is 2.52. The van der Waals surface area contributed by atoms with Crippen molar-refractivity contribution in [3.8, 4) is 17.2 Å². The summed E-state index contributed by atoms with van der Waals surface area (Å²) in [4.78, 5) is 24.0. The van der Waals surface area contributed by atoms with Gasteiger partial charge in [0, 0.05) is 18.2 Å². The van der Waals surface area contributed by atoms with Crippen molar-refractivity contribution in [1.82, 2.24) is 5.32 Å². The van der Waals surface area contributed by atoms with Crippen LogP contribution in [0.5, 0.6) is 17.2 Å². The van der Waals surface area contributed by atoms with Crippen LogP contribution in [0.2, 0.25) is 0 Å². The molecular weight excluding hydrogens is 406 g/mol. The Kier molecular flexibility index (Phi) is 6.20. The predicted octanol–water partition coefficient (Wildman–Crippen LogP) is 4.70. The monoisotopic (exact) mass is 421 g/mol. The zero-order chi connectivity index (χ0) is 21.7. The number of ether oxygens (including phenoxy) is 2. The molecular formula is C21H15F4NO4. The minimum absolute atomic E-state index is 0.0163. The van der Waals surface area contributed by atoms with Crippen LogP contribution in [-0.4, -0.2) is 24.5 Å². The highest BCUT2D eigenvalue weighted by atomic mass is 19.4. The van der Waals surface area contributed by atoms with E-state index in [-0.39, 0.29) is 40.7 Å². The largest absolute Gasteiger partial charge is 0.484 e. The summed E-state index contributed by atoms with van der Waals surface area (Å²) in [6.45, 7) is -1.43. The molecule has 0 aromatic heterocycles. The van der Waals surface area contributed by atoms with E-state index >= 15 is 0 Å². The van der Waals surface area contributed by atoms with E-state index in [0.29, 0.717) is 0 Å². The maximum Gasteiger partial charge on any atom is 0.422 e. The maximum absolute atomic E-state index is 13.7. The third kappa shape index (κ3) is 5.94. The lowest BCUT2D eigenvalue weighted by atomic mass is 10.1. The minimum Gasteiger partial charge on any atom is -0.484 e. The highest BCUT2D eigenvalue weighted by Gasteiger charge is 2.28. The summed E-state index contributed by atoms with van der Waals surface area (Å²) in [6.07, 6.45) is 0.176. The lowest BCUT2D eigenvalue weighted by molar-refractivity contribution is -0.153. The molecule has 0 saturated heterocycles. The first-order valence-electron chi connectivity index (χ1n) is 8.69. The molecule has 0 radical (unpaired) electrons. The molecule has 0 aliphatic heterocycles. The van der Waals surface area contributed by atoms with Gasteiger partial charge in [-0.2, -0.15) is 13.2 Å². The first-order valence-corrected chi connectivity index (χ1v) is 8.69. The van der Waals surface area contributed by atoms with Gasteiger partial charge in [0.25, 0.3) is 5.91 Å². The second kappa shape index (κ2) is 8.81. The Morgan fingerprint density at radius 1 is 1.07 bits per heavy atom. The second-order valence-electron chi connectivity index (χ2n) is 6.24. The number of hydrogen-bond donors (Lipinski definition) is 1. The number of carbonyl (C=O) groups excluding carboxylic acids is 2. The van der Waals surface area contributed by atoms with Crippen molar-refractivity contribution >= 4 is 11.7 Å². The molecule has 1 aliphatic rings. The first-order chi connectivity index (χ1) is 14.2. The molecule has 1 amide bonds. The van der Waals surface area contributed by atoms with Crippen molar-refractivity contribution in [2.45, 2.75) is 12.6 Å². The predicted molar refractivity (Wildman–Crippen MR) is 98.8 cm³/mol. The van der Waals surface area contributed by atoms with Crippen molar-refractivity contribution < 1.29 is 36.6 Å². The van der Waals surface area contributed by atoms with Crippen molar-refractivity contribution in [2.75, 3.05) is 6.61 Å². The molecule has 156 valence electrons. The number of benzene rings is 2. The quantitative estimate of drug-likeness (QED) is 0.687. The van der Waals surface area contributed by atoms with Crippen molar-refractivity contribution in [2.24, 2.45) is 0 Å². The lowest BCUT2D eigenvalue weighted by Crippen LogP contribution is -2.24. The average Bonchev–Trinajstić information content (AvgIpc) is 2.68. The Hall–Kier alpha value is -3.62.